The van der Waals surface area contributed by atoms with Gasteiger partial charge in [0.05, 0.1) is 13.2 Å². The Morgan fingerprint density at radius 1 is 1.21 bits per heavy atom. The van der Waals surface area contributed by atoms with E-state index in [1.165, 1.54) is 0 Å². The van der Waals surface area contributed by atoms with Crippen LogP contribution in [0.15, 0.2) is 23.3 Å². The monoisotopic (exact) mass is 266 g/mol. The quantitative estimate of drug-likeness (QED) is 0.567. The highest BCUT2D eigenvalue weighted by Gasteiger charge is 2.49. The van der Waals surface area contributed by atoms with E-state index >= 15 is 0 Å². The maximum atomic E-state index is 12.1. The molecule has 1 aliphatic carbocycles. The summed E-state index contributed by atoms with van der Waals surface area (Å²) in [6.07, 6.45) is 4.79. The van der Waals surface area contributed by atoms with Gasteiger partial charge in [-0.25, -0.2) is 0 Å². The van der Waals surface area contributed by atoms with Crippen molar-refractivity contribution >= 4 is 11.9 Å². The van der Waals surface area contributed by atoms with Gasteiger partial charge in [-0.2, -0.15) is 0 Å². The van der Waals surface area contributed by atoms with E-state index in [4.69, 9.17) is 9.47 Å². The lowest BCUT2D eigenvalue weighted by molar-refractivity contribution is -0.167. The molecule has 0 unspecified atom stereocenters. The molecule has 0 fully saturated rings. The number of carbonyl (C=O) groups excluding carboxylic acids is 2. The maximum absolute atomic E-state index is 12.1. The number of allylic oxidation sites excluding steroid dienone is 3. The van der Waals surface area contributed by atoms with Gasteiger partial charge in [0.25, 0.3) is 0 Å². The first-order valence-electron chi connectivity index (χ1n) is 6.67. The van der Waals surface area contributed by atoms with E-state index in [9.17, 15) is 9.59 Å². The summed E-state index contributed by atoms with van der Waals surface area (Å²) in [7, 11) is 0. The van der Waals surface area contributed by atoms with E-state index in [1.54, 1.807) is 19.9 Å². The van der Waals surface area contributed by atoms with Gasteiger partial charge in [-0.3, -0.25) is 9.59 Å². The first kappa shape index (κ1) is 15.5. The van der Waals surface area contributed by atoms with Crippen LogP contribution in [0.2, 0.25) is 0 Å². The predicted octanol–water partition coefficient (Wildman–Crippen LogP) is 2.79. The first-order chi connectivity index (χ1) is 8.96. The Labute approximate surface area is 114 Å². The summed E-state index contributed by atoms with van der Waals surface area (Å²) < 4.78 is 10.1. The second-order valence-electron chi connectivity index (χ2n) is 4.85. The molecule has 0 aromatic heterocycles. The SMILES string of the molecule is CCOC(=O)C1(C(=O)OCC)C=C(C=C(C)C)CC1. The molecule has 0 aliphatic heterocycles. The van der Waals surface area contributed by atoms with Crippen molar-refractivity contribution in [3.05, 3.63) is 23.3 Å². The Bertz CT molecular complexity index is 396. The molecule has 0 saturated carbocycles. The zero-order valence-electron chi connectivity index (χ0n) is 12.1. The number of carbonyl (C=O) groups is 2. The van der Waals surface area contributed by atoms with Crippen molar-refractivity contribution < 1.29 is 19.1 Å². The van der Waals surface area contributed by atoms with E-state index in [0.29, 0.717) is 12.8 Å². The van der Waals surface area contributed by atoms with Crippen LogP contribution in [0.1, 0.15) is 40.5 Å². The van der Waals surface area contributed by atoms with Crippen LogP contribution in [-0.2, 0) is 19.1 Å². The number of hydrogen-bond donors (Lipinski definition) is 0. The Morgan fingerprint density at radius 2 is 1.74 bits per heavy atom. The molecule has 4 nitrogen and oxygen atoms in total. The Morgan fingerprint density at radius 3 is 2.16 bits per heavy atom. The zero-order valence-corrected chi connectivity index (χ0v) is 12.1. The number of rotatable bonds is 5. The molecule has 0 bridgehead atoms. The van der Waals surface area contributed by atoms with Crippen LogP contribution in [0.3, 0.4) is 0 Å². The third kappa shape index (κ3) is 3.46. The fourth-order valence-electron chi connectivity index (χ4n) is 2.21. The molecular weight excluding hydrogens is 244 g/mol. The largest absolute Gasteiger partial charge is 0.465 e. The van der Waals surface area contributed by atoms with Gasteiger partial charge in [0.15, 0.2) is 5.41 Å². The molecule has 4 heteroatoms. The molecule has 0 aromatic rings. The van der Waals surface area contributed by atoms with Crippen LogP contribution < -0.4 is 0 Å². The van der Waals surface area contributed by atoms with Crippen LogP contribution in [0, 0.1) is 5.41 Å². The summed E-state index contributed by atoms with van der Waals surface area (Å²) in [5.74, 6) is -1.02. The molecule has 0 N–H and O–H groups in total. The number of esters is 2. The van der Waals surface area contributed by atoms with E-state index < -0.39 is 17.4 Å². The minimum absolute atomic E-state index is 0.256. The van der Waals surface area contributed by atoms with Gasteiger partial charge in [0.1, 0.15) is 0 Å². The number of ether oxygens (including phenoxy) is 2. The van der Waals surface area contributed by atoms with Crippen LogP contribution in [0.4, 0.5) is 0 Å². The van der Waals surface area contributed by atoms with E-state index in [1.807, 2.05) is 19.9 Å². The molecule has 0 heterocycles. The van der Waals surface area contributed by atoms with E-state index in [0.717, 1.165) is 11.1 Å². The first-order valence-corrected chi connectivity index (χ1v) is 6.67. The minimum Gasteiger partial charge on any atom is -0.465 e. The molecule has 0 atom stereocenters. The zero-order chi connectivity index (χ0) is 14.5. The van der Waals surface area contributed by atoms with Crippen molar-refractivity contribution in [2.75, 3.05) is 13.2 Å². The van der Waals surface area contributed by atoms with Crippen molar-refractivity contribution in [3.63, 3.8) is 0 Å². The highest BCUT2D eigenvalue weighted by molar-refractivity contribution is 6.03. The minimum atomic E-state index is -1.26. The molecule has 0 amide bonds. The van der Waals surface area contributed by atoms with Gasteiger partial charge in [-0.1, -0.05) is 23.3 Å². The second-order valence-corrected chi connectivity index (χ2v) is 4.85. The standard InChI is InChI=1S/C15H22O4/c1-5-18-13(16)15(14(17)19-6-2)8-7-12(10-15)9-11(3)4/h9-10H,5-8H2,1-4H3. The summed E-state index contributed by atoms with van der Waals surface area (Å²) in [6, 6.07) is 0. The van der Waals surface area contributed by atoms with Gasteiger partial charge in [0, 0.05) is 0 Å². The molecule has 0 radical (unpaired) electrons. The fourth-order valence-corrected chi connectivity index (χ4v) is 2.21. The highest BCUT2D eigenvalue weighted by atomic mass is 16.6. The average molecular weight is 266 g/mol. The summed E-state index contributed by atoms with van der Waals surface area (Å²) in [6.45, 7) is 7.93. The lowest BCUT2D eigenvalue weighted by atomic mass is 9.88. The predicted molar refractivity (Wildman–Crippen MR) is 72.4 cm³/mol. The van der Waals surface area contributed by atoms with Crippen LogP contribution >= 0.6 is 0 Å². The lowest BCUT2D eigenvalue weighted by Gasteiger charge is -2.22. The average Bonchev–Trinajstić information content (AvgIpc) is 2.74. The van der Waals surface area contributed by atoms with Crippen LogP contribution in [0.5, 0.6) is 0 Å². The van der Waals surface area contributed by atoms with Gasteiger partial charge in [-0.15, -0.1) is 0 Å². The summed E-state index contributed by atoms with van der Waals surface area (Å²) in [5, 5.41) is 0. The molecule has 1 rings (SSSR count). The highest BCUT2D eigenvalue weighted by Crippen LogP contribution is 2.39. The molecule has 106 valence electrons. The summed E-state index contributed by atoms with van der Waals surface area (Å²) in [5.41, 5.74) is 0.865. The number of hydrogen-bond acceptors (Lipinski definition) is 4. The topological polar surface area (TPSA) is 52.6 Å². The van der Waals surface area contributed by atoms with Crippen molar-refractivity contribution in [2.45, 2.75) is 40.5 Å². The molecule has 1 aliphatic rings. The molecule has 0 aromatic carbocycles. The summed E-state index contributed by atoms with van der Waals surface area (Å²) >= 11 is 0. The van der Waals surface area contributed by atoms with Crippen LogP contribution in [0.25, 0.3) is 0 Å². The van der Waals surface area contributed by atoms with E-state index in [-0.39, 0.29) is 13.2 Å². The molecular formula is C15H22O4. The van der Waals surface area contributed by atoms with Gasteiger partial charge in [-0.05, 0) is 40.5 Å². The Balaban J connectivity index is 3.08. The second kappa shape index (κ2) is 6.55. The van der Waals surface area contributed by atoms with E-state index in [2.05, 4.69) is 0 Å². The lowest BCUT2D eigenvalue weighted by Crippen LogP contribution is -2.39. The Kier molecular flexibility index (Phi) is 5.33. The third-order valence-electron chi connectivity index (χ3n) is 2.99. The summed E-state index contributed by atoms with van der Waals surface area (Å²) in [4.78, 5) is 24.3. The van der Waals surface area contributed by atoms with Crippen molar-refractivity contribution in [1.82, 2.24) is 0 Å². The van der Waals surface area contributed by atoms with Crippen molar-refractivity contribution in [1.29, 1.82) is 0 Å². The van der Waals surface area contributed by atoms with Gasteiger partial charge in [0.2, 0.25) is 0 Å². The van der Waals surface area contributed by atoms with Crippen molar-refractivity contribution in [3.8, 4) is 0 Å². The molecule has 0 saturated heterocycles. The maximum Gasteiger partial charge on any atom is 0.327 e. The van der Waals surface area contributed by atoms with Crippen molar-refractivity contribution in [2.24, 2.45) is 5.41 Å². The normalized spacial score (nSPS) is 16.5. The molecule has 0 spiro atoms. The fraction of sp³-hybridized carbons (Fsp3) is 0.600. The van der Waals surface area contributed by atoms with Gasteiger partial charge >= 0.3 is 11.9 Å². The smallest absolute Gasteiger partial charge is 0.327 e. The van der Waals surface area contributed by atoms with Gasteiger partial charge < -0.3 is 9.47 Å². The molecule has 19 heavy (non-hydrogen) atoms. The third-order valence-corrected chi connectivity index (χ3v) is 2.99. The van der Waals surface area contributed by atoms with Crippen LogP contribution in [-0.4, -0.2) is 25.2 Å². The Hall–Kier alpha value is -1.58.